The molecule has 0 N–H and O–H groups in total. The molecule has 0 aliphatic rings. The Kier molecular flexibility index (Phi) is 34.2. The van der Waals surface area contributed by atoms with Gasteiger partial charge in [-0.15, -0.1) is 0 Å². The van der Waals surface area contributed by atoms with Gasteiger partial charge in [-0.3, -0.25) is 14.2 Å². The van der Waals surface area contributed by atoms with Crippen LogP contribution in [0.5, 0.6) is 0 Å². The average molecular weight is 758 g/mol. The number of hydrogen-bond donors (Lipinski definition) is 0. The summed E-state index contributed by atoms with van der Waals surface area (Å²) in [5, 5.41) is 0. The lowest BCUT2D eigenvalue weighted by molar-refractivity contribution is -0.870. The number of likely N-dealkylation sites (N-methyl/N-ethyl adjacent to an activating group) is 1. The lowest BCUT2D eigenvalue weighted by atomic mass is 10.0. The van der Waals surface area contributed by atoms with Crippen LogP contribution in [0.25, 0.3) is 0 Å². The van der Waals surface area contributed by atoms with Crippen molar-refractivity contribution in [2.45, 2.75) is 187 Å². The Balaban J connectivity index is 4.40. The first-order valence-corrected chi connectivity index (χ1v) is 22.5. The number of quaternary nitrogens is 1. The molecule has 0 aromatic carbocycles. The van der Waals surface area contributed by atoms with Crippen LogP contribution < -0.4 is 4.89 Å². The number of nitrogens with zero attached hydrogens (tertiary/aromatic N) is 1. The highest BCUT2D eigenvalue weighted by molar-refractivity contribution is 7.45. The van der Waals surface area contributed by atoms with Crippen molar-refractivity contribution in [3.8, 4) is 0 Å². The molecule has 306 valence electrons. The number of phosphoric ester groups is 1. The van der Waals surface area contributed by atoms with Crippen LogP contribution in [0, 0.1) is 0 Å². The number of esters is 2. The fourth-order valence-corrected chi connectivity index (χ4v) is 6.34. The Morgan fingerprint density at radius 1 is 0.596 bits per heavy atom. The standard InChI is InChI=1S/C42H80NO8P/c1-6-8-10-12-14-16-18-20-22-24-26-28-30-32-34-41(44)48-38-40(39-50-52(46,47)49-37-36-43(3,4)5)51-42(45)35-33-31-29-27-25-23-21-19-17-15-13-11-9-7-2/h13,15,19,21,40H,6-12,14,16-18,20,22-39H2,1-5H3/b15-13-,21-19-/t40-/m1/s1. The number of carbonyl (C=O) groups is 2. The molecule has 52 heavy (non-hydrogen) atoms. The van der Waals surface area contributed by atoms with Crippen molar-refractivity contribution >= 4 is 19.8 Å². The van der Waals surface area contributed by atoms with E-state index in [4.69, 9.17) is 18.5 Å². The third kappa shape index (κ3) is 38.2. The van der Waals surface area contributed by atoms with Gasteiger partial charge in [-0.2, -0.15) is 0 Å². The molecule has 9 nitrogen and oxygen atoms in total. The van der Waals surface area contributed by atoms with Crippen LogP contribution in [0.15, 0.2) is 24.3 Å². The predicted octanol–water partition coefficient (Wildman–Crippen LogP) is 10.9. The van der Waals surface area contributed by atoms with Gasteiger partial charge in [-0.25, -0.2) is 0 Å². The van der Waals surface area contributed by atoms with E-state index in [0.29, 0.717) is 17.4 Å². The zero-order chi connectivity index (χ0) is 38.6. The van der Waals surface area contributed by atoms with E-state index in [2.05, 4.69) is 38.2 Å². The minimum atomic E-state index is -4.62. The van der Waals surface area contributed by atoms with Gasteiger partial charge in [0.05, 0.1) is 27.7 Å². The molecule has 0 saturated heterocycles. The zero-order valence-electron chi connectivity index (χ0n) is 34.3. The molecule has 0 heterocycles. The van der Waals surface area contributed by atoms with Crippen LogP contribution in [0.1, 0.15) is 181 Å². The second-order valence-electron chi connectivity index (χ2n) is 15.4. The highest BCUT2D eigenvalue weighted by Gasteiger charge is 2.21. The maximum atomic E-state index is 12.6. The Morgan fingerprint density at radius 3 is 1.58 bits per heavy atom. The summed E-state index contributed by atoms with van der Waals surface area (Å²) >= 11 is 0. The number of rotatable bonds is 38. The quantitative estimate of drug-likeness (QED) is 0.0201. The smallest absolute Gasteiger partial charge is 0.306 e. The number of carbonyl (C=O) groups excluding carboxylic acids is 2. The van der Waals surface area contributed by atoms with Crippen molar-refractivity contribution in [2.75, 3.05) is 47.5 Å². The molecular formula is C42H80NO8P. The molecule has 0 fully saturated rings. The lowest BCUT2D eigenvalue weighted by Crippen LogP contribution is -2.37. The van der Waals surface area contributed by atoms with Crippen LogP contribution in [0.2, 0.25) is 0 Å². The van der Waals surface area contributed by atoms with Gasteiger partial charge in [0.1, 0.15) is 19.8 Å². The summed E-state index contributed by atoms with van der Waals surface area (Å²) in [5.41, 5.74) is 0. The van der Waals surface area contributed by atoms with E-state index in [9.17, 15) is 19.0 Å². The van der Waals surface area contributed by atoms with Crippen molar-refractivity contribution in [2.24, 2.45) is 0 Å². The predicted molar refractivity (Wildman–Crippen MR) is 213 cm³/mol. The highest BCUT2D eigenvalue weighted by atomic mass is 31.2. The number of phosphoric acid groups is 1. The van der Waals surface area contributed by atoms with Crippen molar-refractivity contribution < 1.29 is 42.1 Å². The molecule has 10 heteroatoms. The van der Waals surface area contributed by atoms with Gasteiger partial charge in [0.25, 0.3) is 7.82 Å². The van der Waals surface area contributed by atoms with E-state index in [-0.39, 0.29) is 32.0 Å². The molecule has 0 aromatic heterocycles. The molecule has 0 amide bonds. The van der Waals surface area contributed by atoms with Crippen LogP contribution >= 0.6 is 7.82 Å². The van der Waals surface area contributed by atoms with Gasteiger partial charge in [-0.05, 0) is 38.5 Å². The number of unbranched alkanes of at least 4 members (excludes halogenated alkanes) is 20. The van der Waals surface area contributed by atoms with Gasteiger partial charge in [0.2, 0.25) is 0 Å². The summed E-state index contributed by atoms with van der Waals surface area (Å²) in [6.45, 7) is 4.17. The van der Waals surface area contributed by atoms with Gasteiger partial charge in [0.15, 0.2) is 6.10 Å². The van der Waals surface area contributed by atoms with Crippen LogP contribution in [-0.4, -0.2) is 70.0 Å². The summed E-state index contributed by atoms with van der Waals surface area (Å²) < 4.78 is 33.8. The molecule has 0 aromatic rings. The third-order valence-corrected chi connectivity index (χ3v) is 9.94. The van der Waals surface area contributed by atoms with E-state index >= 15 is 0 Å². The third-order valence-electron chi connectivity index (χ3n) is 8.97. The van der Waals surface area contributed by atoms with Gasteiger partial charge >= 0.3 is 11.9 Å². The normalized spacial score (nSPS) is 13.9. The van der Waals surface area contributed by atoms with Gasteiger partial charge in [-0.1, -0.05) is 154 Å². The molecule has 0 bridgehead atoms. The summed E-state index contributed by atoms with van der Waals surface area (Å²) in [4.78, 5) is 37.4. The summed E-state index contributed by atoms with van der Waals surface area (Å²) in [7, 11) is 1.16. The SMILES string of the molecule is CCCC/C=C\C/C=C\CCCCCCCC(=O)O[C@H](COC(=O)CCCCCCCCCCCCCCCC)COP(=O)([O-])OCC[N+](C)(C)C. The van der Waals surface area contributed by atoms with E-state index < -0.39 is 26.5 Å². The molecule has 0 aliphatic carbocycles. The molecule has 0 radical (unpaired) electrons. The van der Waals surface area contributed by atoms with Gasteiger partial charge < -0.3 is 27.9 Å². The first-order chi connectivity index (χ1) is 25.0. The molecular weight excluding hydrogens is 677 g/mol. The van der Waals surface area contributed by atoms with Crippen molar-refractivity contribution in [1.29, 1.82) is 0 Å². The maximum Gasteiger partial charge on any atom is 0.306 e. The second kappa shape index (κ2) is 35.2. The van der Waals surface area contributed by atoms with Crippen LogP contribution in [-0.2, 0) is 32.7 Å². The molecule has 0 saturated carbocycles. The Bertz CT molecular complexity index is 949. The fourth-order valence-electron chi connectivity index (χ4n) is 5.61. The Labute approximate surface area is 319 Å². The number of allylic oxidation sites excluding steroid dienone is 4. The van der Waals surface area contributed by atoms with E-state index in [1.807, 2.05) is 21.1 Å². The fraction of sp³-hybridized carbons (Fsp3) is 0.857. The average Bonchev–Trinajstić information content (AvgIpc) is 3.09. The van der Waals surface area contributed by atoms with Crippen molar-refractivity contribution in [3.63, 3.8) is 0 Å². The first kappa shape index (κ1) is 50.5. The number of hydrogen-bond acceptors (Lipinski definition) is 8. The maximum absolute atomic E-state index is 12.6. The van der Waals surface area contributed by atoms with Crippen LogP contribution in [0.4, 0.5) is 0 Å². The first-order valence-electron chi connectivity index (χ1n) is 21.0. The Hall–Kier alpha value is -1.51. The molecule has 0 aliphatic heterocycles. The molecule has 1 unspecified atom stereocenters. The monoisotopic (exact) mass is 758 g/mol. The van der Waals surface area contributed by atoms with Gasteiger partial charge in [0, 0.05) is 12.8 Å². The van der Waals surface area contributed by atoms with E-state index in [1.165, 1.54) is 83.5 Å². The molecule has 2 atom stereocenters. The summed E-state index contributed by atoms with van der Waals surface area (Å²) in [5.74, 6) is -0.846. The highest BCUT2D eigenvalue weighted by Crippen LogP contribution is 2.38. The lowest BCUT2D eigenvalue weighted by Gasteiger charge is -2.28. The van der Waals surface area contributed by atoms with Crippen LogP contribution in [0.3, 0.4) is 0 Å². The van der Waals surface area contributed by atoms with E-state index in [0.717, 1.165) is 64.2 Å². The molecule has 0 spiro atoms. The summed E-state index contributed by atoms with van der Waals surface area (Å²) in [6, 6.07) is 0. The largest absolute Gasteiger partial charge is 0.756 e. The van der Waals surface area contributed by atoms with Crippen molar-refractivity contribution in [3.05, 3.63) is 24.3 Å². The second-order valence-corrected chi connectivity index (χ2v) is 16.8. The minimum absolute atomic E-state index is 0.0321. The van der Waals surface area contributed by atoms with E-state index in [1.54, 1.807) is 0 Å². The minimum Gasteiger partial charge on any atom is -0.756 e. The number of ether oxygens (including phenoxy) is 2. The van der Waals surface area contributed by atoms with Crippen molar-refractivity contribution in [1.82, 2.24) is 0 Å². The topological polar surface area (TPSA) is 111 Å². The summed E-state index contributed by atoms with van der Waals surface area (Å²) in [6.07, 6.45) is 36.2. The zero-order valence-corrected chi connectivity index (χ0v) is 35.2. The Morgan fingerprint density at radius 2 is 1.06 bits per heavy atom. The molecule has 0 rings (SSSR count).